The van der Waals surface area contributed by atoms with Crippen molar-refractivity contribution in [1.82, 2.24) is 10.6 Å². The fraction of sp³-hybridized carbons (Fsp3) is 0.438. The third-order valence-electron chi connectivity index (χ3n) is 5.86. The highest BCUT2D eigenvalue weighted by molar-refractivity contribution is 5.95. The Morgan fingerprint density at radius 1 is 0.611 bits per heavy atom. The first-order valence-corrected chi connectivity index (χ1v) is 13.4. The number of unbranched alkanes of at least 4 members (excludes halogenated alkanes) is 8. The van der Waals surface area contributed by atoms with Crippen LogP contribution in [0.4, 0.5) is 0 Å². The van der Waals surface area contributed by atoms with Gasteiger partial charge in [-0.1, -0.05) is 89.2 Å². The van der Waals surface area contributed by atoms with Gasteiger partial charge >= 0.3 is 0 Å². The molecule has 0 heterocycles. The molecule has 2 aromatic carbocycles. The molecule has 0 spiro atoms. The van der Waals surface area contributed by atoms with Crippen molar-refractivity contribution >= 4 is 11.8 Å². The highest BCUT2D eigenvalue weighted by atomic mass is 16.2. The Kier molecular flexibility index (Phi) is 14.3. The van der Waals surface area contributed by atoms with Gasteiger partial charge in [-0.2, -0.15) is 0 Å². The van der Waals surface area contributed by atoms with E-state index in [9.17, 15) is 9.59 Å². The zero-order valence-electron chi connectivity index (χ0n) is 21.9. The van der Waals surface area contributed by atoms with Crippen LogP contribution in [-0.2, 0) is 0 Å². The summed E-state index contributed by atoms with van der Waals surface area (Å²) in [5.41, 5.74) is 2.69. The molecule has 36 heavy (non-hydrogen) atoms. The first kappa shape index (κ1) is 28.7. The van der Waals surface area contributed by atoms with E-state index in [1.807, 2.05) is 24.3 Å². The van der Waals surface area contributed by atoms with E-state index in [-0.39, 0.29) is 11.8 Å². The SMILES string of the molecule is CCCCCCCNC(=O)c1cccc(C#CC#Cc2cccc(C(=O)NCCCCCCC)c2)c1. The van der Waals surface area contributed by atoms with Gasteiger partial charge < -0.3 is 10.6 Å². The van der Waals surface area contributed by atoms with Crippen LogP contribution in [0, 0.1) is 23.7 Å². The van der Waals surface area contributed by atoms with Gasteiger partial charge in [0.15, 0.2) is 0 Å². The van der Waals surface area contributed by atoms with Gasteiger partial charge in [0.05, 0.1) is 0 Å². The molecule has 0 radical (unpaired) electrons. The number of carbonyl (C=O) groups excluding carboxylic acids is 2. The van der Waals surface area contributed by atoms with Crippen LogP contribution in [-0.4, -0.2) is 24.9 Å². The molecule has 0 fully saturated rings. The van der Waals surface area contributed by atoms with E-state index < -0.39 is 0 Å². The number of hydrogen-bond donors (Lipinski definition) is 2. The van der Waals surface area contributed by atoms with Crippen molar-refractivity contribution in [2.75, 3.05) is 13.1 Å². The summed E-state index contributed by atoms with van der Waals surface area (Å²) in [6, 6.07) is 14.6. The summed E-state index contributed by atoms with van der Waals surface area (Å²) in [6.45, 7) is 5.78. The Labute approximate surface area is 217 Å². The van der Waals surface area contributed by atoms with Gasteiger partial charge in [-0.15, -0.1) is 0 Å². The molecule has 0 unspecified atom stereocenters. The van der Waals surface area contributed by atoms with E-state index >= 15 is 0 Å². The van der Waals surface area contributed by atoms with Gasteiger partial charge in [0.1, 0.15) is 0 Å². The molecule has 0 aromatic heterocycles. The van der Waals surface area contributed by atoms with Gasteiger partial charge in [-0.3, -0.25) is 9.59 Å². The second-order valence-electron chi connectivity index (χ2n) is 9.00. The molecule has 190 valence electrons. The summed E-state index contributed by atoms with van der Waals surface area (Å²) in [5.74, 6) is 11.6. The minimum absolute atomic E-state index is 0.0729. The Bertz CT molecular complexity index is 995. The summed E-state index contributed by atoms with van der Waals surface area (Å²) in [6.07, 6.45) is 11.7. The van der Waals surface area contributed by atoms with Crippen LogP contribution in [0.1, 0.15) is 110 Å². The quantitative estimate of drug-likeness (QED) is 0.238. The fourth-order valence-corrected chi connectivity index (χ4v) is 3.75. The molecule has 2 rings (SSSR count). The number of benzene rings is 2. The molecule has 2 N–H and O–H groups in total. The topological polar surface area (TPSA) is 58.2 Å². The van der Waals surface area contributed by atoms with Crippen molar-refractivity contribution in [3.8, 4) is 23.7 Å². The highest BCUT2D eigenvalue weighted by Crippen LogP contribution is 2.07. The molecule has 0 aliphatic rings. The Morgan fingerprint density at radius 3 is 1.44 bits per heavy atom. The lowest BCUT2D eigenvalue weighted by Gasteiger charge is -2.05. The average molecular weight is 485 g/mol. The number of nitrogens with one attached hydrogen (secondary N) is 2. The maximum Gasteiger partial charge on any atom is 0.251 e. The van der Waals surface area contributed by atoms with E-state index in [0.29, 0.717) is 24.2 Å². The number of amides is 2. The standard InChI is InChI=1S/C32H40N2O2/c1-3-5-7-9-13-23-33-31(35)29-21-15-19-27(25-29)17-11-12-18-28-20-16-22-30(26-28)32(36)34-24-14-10-8-6-4-2/h15-16,19-22,25-26H,3-10,13-14,23-24H2,1-2H3,(H,33,35)(H,34,36). The van der Waals surface area contributed by atoms with Gasteiger partial charge in [0, 0.05) is 35.3 Å². The molecule has 0 aliphatic heterocycles. The summed E-state index contributed by atoms with van der Waals surface area (Å²) in [7, 11) is 0. The van der Waals surface area contributed by atoms with Crippen molar-refractivity contribution < 1.29 is 9.59 Å². The summed E-state index contributed by atoms with van der Waals surface area (Å²) in [5, 5.41) is 5.96. The molecular formula is C32H40N2O2. The van der Waals surface area contributed by atoms with E-state index in [0.717, 1.165) is 36.8 Å². The van der Waals surface area contributed by atoms with E-state index in [4.69, 9.17) is 0 Å². The lowest BCUT2D eigenvalue weighted by atomic mass is 10.1. The number of hydrogen-bond acceptors (Lipinski definition) is 2. The summed E-state index contributed by atoms with van der Waals surface area (Å²) in [4.78, 5) is 24.8. The number of carbonyl (C=O) groups is 2. The van der Waals surface area contributed by atoms with Crippen LogP contribution >= 0.6 is 0 Å². The maximum absolute atomic E-state index is 12.4. The normalized spacial score (nSPS) is 9.94. The summed E-state index contributed by atoms with van der Waals surface area (Å²) < 4.78 is 0. The largest absolute Gasteiger partial charge is 0.352 e. The van der Waals surface area contributed by atoms with Crippen molar-refractivity contribution in [3.05, 3.63) is 70.8 Å². The zero-order chi connectivity index (χ0) is 25.8. The fourth-order valence-electron chi connectivity index (χ4n) is 3.75. The maximum atomic E-state index is 12.4. The van der Waals surface area contributed by atoms with Crippen LogP contribution in [0.2, 0.25) is 0 Å². The Hall–Kier alpha value is -3.50. The molecule has 0 saturated carbocycles. The molecule has 2 amide bonds. The molecular weight excluding hydrogens is 444 g/mol. The van der Waals surface area contributed by atoms with E-state index in [2.05, 4.69) is 48.2 Å². The molecule has 0 aliphatic carbocycles. The zero-order valence-corrected chi connectivity index (χ0v) is 21.9. The van der Waals surface area contributed by atoms with Crippen LogP contribution < -0.4 is 10.6 Å². The van der Waals surface area contributed by atoms with E-state index in [1.165, 1.54) is 38.5 Å². The van der Waals surface area contributed by atoms with Gasteiger partial charge in [0.25, 0.3) is 11.8 Å². The molecule has 0 bridgehead atoms. The smallest absolute Gasteiger partial charge is 0.251 e. The Balaban J connectivity index is 1.86. The minimum atomic E-state index is -0.0729. The minimum Gasteiger partial charge on any atom is -0.352 e. The lowest BCUT2D eigenvalue weighted by Crippen LogP contribution is -2.24. The predicted molar refractivity (Wildman–Crippen MR) is 149 cm³/mol. The Morgan fingerprint density at radius 2 is 1.03 bits per heavy atom. The van der Waals surface area contributed by atoms with Gasteiger partial charge in [-0.05, 0) is 61.1 Å². The van der Waals surface area contributed by atoms with E-state index in [1.54, 1.807) is 24.3 Å². The van der Waals surface area contributed by atoms with Crippen LogP contribution in [0.15, 0.2) is 48.5 Å². The van der Waals surface area contributed by atoms with Gasteiger partial charge in [0.2, 0.25) is 0 Å². The first-order chi connectivity index (χ1) is 17.6. The molecule has 0 saturated heterocycles. The number of rotatable bonds is 14. The second kappa shape index (κ2) is 17.9. The average Bonchev–Trinajstić information content (AvgIpc) is 2.90. The molecule has 2 aromatic rings. The molecule has 4 heteroatoms. The molecule has 0 atom stereocenters. The van der Waals surface area contributed by atoms with Crippen LogP contribution in [0.25, 0.3) is 0 Å². The monoisotopic (exact) mass is 484 g/mol. The lowest BCUT2D eigenvalue weighted by molar-refractivity contribution is 0.0944. The third kappa shape index (κ3) is 11.8. The van der Waals surface area contributed by atoms with Crippen LogP contribution in [0.3, 0.4) is 0 Å². The third-order valence-corrected chi connectivity index (χ3v) is 5.86. The first-order valence-electron chi connectivity index (χ1n) is 13.4. The van der Waals surface area contributed by atoms with Crippen molar-refractivity contribution in [3.63, 3.8) is 0 Å². The molecule has 4 nitrogen and oxygen atoms in total. The van der Waals surface area contributed by atoms with Gasteiger partial charge in [-0.25, -0.2) is 0 Å². The van der Waals surface area contributed by atoms with Crippen molar-refractivity contribution in [2.45, 2.75) is 78.1 Å². The van der Waals surface area contributed by atoms with Crippen LogP contribution in [0.5, 0.6) is 0 Å². The van der Waals surface area contributed by atoms with Crippen molar-refractivity contribution in [1.29, 1.82) is 0 Å². The second-order valence-corrected chi connectivity index (χ2v) is 9.00. The van der Waals surface area contributed by atoms with Crippen molar-refractivity contribution in [2.24, 2.45) is 0 Å². The highest BCUT2D eigenvalue weighted by Gasteiger charge is 2.06. The summed E-state index contributed by atoms with van der Waals surface area (Å²) >= 11 is 0. The predicted octanol–water partition coefficient (Wildman–Crippen LogP) is 6.49.